The summed E-state index contributed by atoms with van der Waals surface area (Å²) in [7, 11) is 0. The second-order valence-corrected chi connectivity index (χ2v) is 0.0913. The van der Waals surface area contributed by atoms with Crippen LogP contribution in [-0.4, -0.2) is 0 Å². The van der Waals surface area contributed by atoms with Gasteiger partial charge in [-0.15, -0.1) is 0 Å². The molecule has 26 valence electrons. The average molecular weight is 106 g/mol. The van der Waals surface area contributed by atoms with Crippen molar-refractivity contribution < 1.29 is 22.2 Å². The summed E-state index contributed by atoms with van der Waals surface area (Å²) in [5, 5.41) is 15.0. The summed E-state index contributed by atoms with van der Waals surface area (Å²) >= 11 is 0. The van der Waals surface area contributed by atoms with E-state index in [0.717, 1.165) is 0 Å². The third-order valence-electron chi connectivity index (χ3n) is 0. The third-order valence-corrected chi connectivity index (χ3v) is 0. The minimum absolute atomic E-state index is 0. The molecule has 0 spiro atoms. The van der Waals surface area contributed by atoms with E-state index in [4.69, 9.17) is 10.4 Å². The van der Waals surface area contributed by atoms with Crippen molar-refractivity contribution in [3.05, 3.63) is 0 Å². The number of hydrogen-bond acceptors (Lipinski definition) is 2. The number of nitriles is 1. The molecule has 2 nitrogen and oxygen atoms in total. The van der Waals surface area contributed by atoms with Gasteiger partial charge in [0.1, 0.15) is 0 Å². The SMILES string of the molecule is N#C[O-].[Cu+]. The van der Waals surface area contributed by atoms with E-state index in [9.17, 15) is 0 Å². The molecule has 0 N–H and O–H groups in total. The molecule has 0 saturated heterocycles. The minimum atomic E-state index is 0. The standard InChI is InChI=1S/CHNO.Cu/c2-1-3;/h3H;/q;+1/p-1. The molecule has 0 aromatic carbocycles. The molecule has 4 heavy (non-hydrogen) atoms. The van der Waals surface area contributed by atoms with Gasteiger partial charge in [-0.25, -0.2) is 5.26 Å². The van der Waals surface area contributed by atoms with Gasteiger partial charge in [-0.2, -0.15) is 0 Å². The molecule has 0 bridgehead atoms. The summed E-state index contributed by atoms with van der Waals surface area (Å²) in [6, 6.07) is 0. The maximum atomic E-state index is 8.24. The van der Waals surface area contributed by atoms with Crippen LogP contribution in [-0.2, 0) is 17.1 Å². The van der Waals surface area contributed by atoms with Gasteiger partial charge >= 0.3 is 17.1 Å². The summed E-state index contributed by atoms with van der Waals surface area (Å²) < 4.78 is 0. The molecule has 3 heteroatoms. The second kappa shape index (κ2) is 14.0. The van der Waals surface area contributed by atoms with Crippen molar-refractivity contribution in [3.63, 3.8) is 0 Å². The van der Waals surface area contributed by atoms with Crippen LogP contribution in [0.25, 0.3) is 0 Å². The van der Waals surface area contributed by atoms with E-state index in [0.29, 0.717) is 6.26 Å². The van der Waals surface area contributed by atoms with Crippen LogP contribution in [0.5, 0.6) is 0 Å². The van der Waals surface area contributed by atoms with Crippen molar-refractivity contribution in [2.75, 3.05) is 0 Å². The predicted octanol–water partition coefficient (Wildman–Crippen LogP) is -1.17. The fourth-order valence-corrected chi connectivity index (χ4v) is 0. The summed E-state index contributed by atoms with van der Waals surface area (Å²) in [6.07, 6.45) is 0.500. The number of nitrogens with zero attached hydrogens (tertiary/aromatic N) is 1. The quantitative estimate of drug-likeness (QED) is 0.288. The molecular weight excluding hydrogens is 106 g/mol. The molecule has 0 atom stereocenters. The van der Waals surface area contributed by atoms with Crippen LogP contribution in [0.4, 0.5) is 0 Å². The van der Waals surface area contributed by atoms with Gasteiger partial charge in [0, 0.05) is 6.26 Å². The summed E-state index contributed by atoms with van der Waals surface area (Å²) in [5.41, 5.74) is 0. The summed E-state index contributed by atoms with van der Waals surface area (Å²) in [6.45, 7) is 0. The molecule has 0 aliphatic heterocycles. The Bertz CT molecular complexity index is 29.5. The van der Waals surface area contributed by atoms with Crippen LogP contribution in [0.3, 0.4) is 0 Å². The second-order valence-electron chi connectivity index (χ2n) is 0.0913. The van der Waals surface area contributed by atoms with E-state index in [1.165, 1.54) is 0 Å². The summed E-state index contributed by atoms with van der Waals surface area (Å²) in [5.74, 6) is 0. The normalized spacial score (nSPS) is 1.75. The maximum absolute atomic E-state index is 8.24. The fraction of sp³-hybridized carbons (Fsp3) is 0. The van der Waals surface area contributed by atoms with Gasteiger partial charge in [0.2, 0.25) is 0 Å². The van der Waals surface area contributed by atoms with Crippen molar-refractivity contribution >= 4 is 0 Å². The first-order valence-corrected chi connectivity index (χ1v) is 0.428. The predicted molar refractivity (Wildman–Crippen MR) is 5.61 cm³/mol. The monoisotopic (exact) mass is 105 g/mol. The van der Waals surface area contributed by atoms with Crippen LogP contribution >= 0.6 is 0 Å². The fourth-order valence-electron chi connectivity index (χ4n) is 0. The van der Waals surface area contributed by atoms with Crippen molar-refractivity contribution in [3.8, 4) is 6.26 Å². The van der Waals surface area contributed by atoms with Gasteiger partial charge in [-0.3, -0.25) is 0 Å². The molecular formula is CCuNO. The van der Waals surface area contributed by atoms with Crippen molar-refractivity contribution in [1.82, 2.24) is 0 Å². The molecule has 0 aliphatic rings. The molecule has 0 heterocycles. The molecule has 0 rings (SSSR count). The Kier molecular flexibility index (Phi) is 32.2. The van der Waals surface area contributed by atoms with Gasteiger partial charge in [0.05, 0.1) is 0 Å². The van der Waals surface area contributed by atoms with E-state index in [1.54, 1.807) is 0 Å². The van der Waals surface area contributed by atoms with E-state index < -0.39 is 0 Å². The average Bonchev–Trinajstić information content (AvgIpc) is 0.918. The molecule has 0 aliphatic carbocycles. The van der Waals surface area contributed by atoms with Crippen LogP contribution in [0.15, 0.2) is 0 Å². The van der Waals surface area contributed by atoms with Crippen LogP contribution in [0.2, 0.25) is 0 Å². The van der Waals surface area contributed by atoms with Crippen LogP contribution in [0.1, 0.15) is 0 Å². The van der Waals surface area contributed by atoms with Crippen LogP contribution in [0, 0.1) is 11.5 Å². The van der Waals surface area contributed by atoms with Crippen molar-refractivity contribution in [1.29, 1.82) is 5.26 Å². The van der Waals surface area contributed by atoms with Crippen molar-refractivity contribution in [2.24, 2.45) is 0 Å². The topological polar surface area (TPSA) is 46.8 Å². The first kappa shape index (κ1) is 9.18. The number of hydrogen-bond donors (Lipinski definition) is 0. The van der Waals surface area contributed by atoms with E-state index >= 15 is 0 Å². The van der Waals surface area contributed by atoms with Gasteiger partial charge in [0.25, 0.3) is 0 Å². The molecule has 0 amide bonds. The zero-order chi connectivity index (χ0) is 2.71. The van der Waals surface area contributed by atoms with E-state index in [1.807, 2.05) is 0 Å². The zero-order valence-electron chi connectivity index (χ0n) is 1.66. The zero-order valence-corrected chi connectivity index (χ0v) is 2.60. The Morgan fingerprint density at radius 3 is 1.75 bits per heavy atom. The molecule has 0 saturated carbocycles. The third kappa shape index (κ3) is 32.7. The van der Waals surface area contributed by atoms with Gasteiger partial charge < -0.3 is 5.11 Å². The Labute approximate surface area is 34.5 Å². The van der Waals surface area contributed by atoms with Gasteiger partial charge in [-0.05, 0) is 0 Å². The van der Waals surface area contributed by atoms with Gasteiger partial charge in [0.15, 0.2) is 0 Å². The summed E-state index contributed by atoms with van der Waals surface area (Å²) in [4.78, 5) is 0. The molecule has 0 fully saturated rings. The molecule has 0 aromatic rings. The Morgan fingerprint density at radius 2 is 1.75 bits per heavy atom. The first-order valence-electron chi connectivity index (χ1n) is 0.428. The van der Waals surface area contributed by atoms with E-state index in [2.05, 4.69) is 0 Å². The largest absolute Gasteiger partial charge is 1.00 e. The molecule has 0 aromatic heterocycles. The Balaban J connectivity index is 0. The molecule has 0 radical (unpaired) electrons. The Hall–Kier alpha value is -0.191. The minimum Gasteiger partial charge on any atom is -0.812 e. The smallest absolute Gasteiger partial charge is 0.812 e. The first-order chi connectivity index (χ1) is 1.41. The Morgan fingerprint density at radius 1 is 1.75 bits per heavy atom. The number of rotatable bonds is 0. The van der Waals surface area contributed by atoms with Crippen LogP contribution < -0.4 is 5.11 Å². The van der Waals surface area contributed by atoms with Gasteiger partial charge in [-0.1, -0.05) is 0 Å². The molecule has 0 unspecified atom stereocenters. The maximum Gasteiger partial charge on any atom is 1.00 e. The van der Waals surface area contributed by atoms with E-state index in [-0.39, 0.29) is 17.1 Å². The van der Waals surface area contributed by atoms with Crippen molar-refractivity contribution in [2.45, 2.75) is 0 Å².